The summed E-state index contributed by atoms with van der Waals surface area (Å²) in [5, 5.41) is 9.72. The Hall–Kier alpha value is -2.65. The molecule has 0 heterocycles. The first-order valence-electron chi connectivity index (χ1n) is 7.75. The number of carbonyl (C=O) groups is 1. The maximum atomic E-state index is 12.4. The molecule has 10 heteroatoms. The lowest BCUT2D eigenvalue weighted by molar-refractivity contribution is -0.384. The predicted molar refractivity (Wildman–Crippen MR) is 97.7 cm³/mol. The van der Waals surface area contributed by atoms with Crippen molar-refractivity contribution in [2.45, 2.75) is 17.1 Å². The van der Waals surface area contributed by atoms with E-state index in [0.29, 0.717) is 10.8 Å². The third-order valence-corrected chi connectivity index (χ3v) is 5.89. The van der Waals surface area contributed by atoms with Crippen LogP contribution in [0.4, 0.5) is 5.69 Å². The van der Waals surface area contributed by atoms with Crippen LogP contribution in [0.1, 0.15) is 6.92 Å². The van der Waals surface area contributed by atoms with Gasteiger partial charge < -0.3 is 9.47 Å². The van der Waals surface area contributed by atoms with Gasteiger partial charge in [-0.15, -0.1) is 0 Å². The van der Waals surface area contributed by atoms with Crippen LogP contribution in [0.15, 0.2) is 53.4 Å². The Morgan fingerprint density at radius 2 is 1.70 bits per heavy atom. The Kier molecular flexibility index (Phi) is 6.75. The van der Waals surface area contributed by atoms with Gasteiger partial charge in [0.25, 0.3) is 5.69 Å². The molecule has 1 atom stereocenters. The Labute approximate surface area is 160 Å². The van der Waals surface area contributed by atoms with Crippen molar-refractivity contribution in [1.29, 1.82) is 0 Å². The minimum Gasteiger partial charge on any atom is -0.490 e. The zero-order valence-electron chi connectivity index (χ0n) is 14.2. The van der Waals surface area contributed by atoms with Crippen molar-refractivity contribution in [3.8, 4) is 5.75 Å². The quantitative estimate of drug-likeness (QED) is 0.283. The number of carbonyl (C=O) groups excluding carboxylic acids is 1. The largest absolute Gasteiger partial charge is 0.490 e. The summed E-state index contributed by atoms with van der Waals surface area (Å²) < 4.78 is 35.1. The fourth-order valence-electron chi connectivity index (χ4n) is 2.04. The molecule has 0 aliphatic carbocycles. The molecule has 0 bridgehead atoms. The molecule has 144 valence electrons. The molecule has 27 heavy (non-hydrogen) atoms. The number of ether oxygens (including phenoxy) is 2. The first-order chi connectivity index (χ1) is 12.7. The summed E-state index contributed by atoms with van der Waals surface area (Å²) in [5.41, 5.74) is -0.247. The number of sulfone groups is 1. The maximum Gasteiger partial charge on any atom is 0.324 e. The van der Waals surface area contributed by atoms with Crippen LogP contribution >= 0.6 is 11.6 Å². The van der Waals surface area contributed by atoms with Gasteiger partial charge in [0.1, 0.15) is 19.0 Å². The molecule has 0 N–H and O–H groups in total. The number of benzene rings is 2. The van der Waals surface area contributed by atoms with Gasteiger partial charge in [0, 0.05) is 17.2 Å². The summed E-state index contributed by atoms with van der Waals surface area (Å²) >= 11 is 5.75. The fourth-order valence-corrected chi connectivity index (χ4v) is 3.41. The molecule has 2 aromatic rings. The average molecular weight is 414 g/mol. The smallest absolute Gasteiger partial charge is 0.324 e. The molecule has 2 rings (SSSR count). The number of nitro benzene ring substituents is 1. The van der Waals surface area contributed by atoms with E-state index >= 15 is 0 Å². The lowest BCUT2D eigenvalue weighted by Crippen LogP contribution is -2.30. The lowest BCUT2D eigenvalue weighted by Gasteiger charge is -2.13. The van der Waals surface area contributed by atoms with Crippen molar-refractivity contribution in [3.05, 3.63) is 63.7 Å². The highest BCUT2D eigenvalue weighted by molar-refractivity contribution is 7.92. The summed E-state index contributed by atoms with van der Waals surface area (Å²) in [5.74, 6) is -0.407. The van der Waals surface area contributed by atoms with E-state index in [-0.39, 0.29) is 23.8 Å². The summed E-state index contributed by atoms with van der Waals surface area (Å²) in [6.45, 7) is 1.10. The van der Waals surface area contributed by atoms with E-state index < -0.39 is 26.0 Å². The van der Waals surface area contributed by atoms with E-state index in [1.807, 2.05) is 0 Å². The number of non-ortho nitro benzene ring substituents is 1. The third-order valence-electron chi connectivity index (χ3n) is 3.58. The molecule has 0 aliphatic heterocycles. The second-order valence-electron chi connectivity index (χ2n) is 5.41. The number of nitro groups is 1. The molecule has 0 saturated carbocycles. The van der Waals surface area contributed by atoms with E-state index in [9.17, 15) is 23.3 Å². The maximum absolute atomic E-state index is 12.4. The van der Waals surface area contributed by atoms with Gasteiger partial charge in [0.05, 0.1) is 9.82 Å². The first kappa shape index (κ1) is 20.7. The van der Waals surface area contributed by atoms with Gasteiger partial charge in [-0.05, 0) is 43.3 Å². The van der Waals surface area contributed by atoms with Gasteiger partial charge >= 0.3 is 5.97 Å². The van der Waals surface area contributed by atoms with E-state index in [0.717, 1.165) is 24.3 Å². The SMILES string of the molecule is C[C@@H](C(=O)OCCOc1ccc(Cl)cc1)S(=O)(=O)c1ccc([N+](=O)[O-])cc1. The van der Waals surface area contributed by atoms with Crippen molar-refractivity contribution in [1.82, 2.24) is 0 Å². The van der Waals surface area contributed by atoms with E-state index in [2.05, 4.69) is 0 Å². The molecule has 0 aliphatic rings. The van der Waals surface area contributed by atoms with Gasteiger partial charge in [-0.1, -0.05) is 11.6 Å². The second-order valence-corrected chi connectivity index (χ2v) is 8.11. The van der Waals surface area contributed by atoms with Crippen LogP contribution in [0.25, 0.3) is 0 Å². The Morgan fingerprint density at radius 1 is 1.11 bits per heavy atom. The summed E-state index contributed by atoms with van der Waals surface area (Å²) in [6.07, 6.45) is 0. The molecular formula is C17H16ClNO7S. The van der Waals surface area contributed by atoms with Gasteiger partial charge in [0.2, 0.25) is 0 Å². The Bertz CT molecular complexity index is 911. The molecule has 0 aromatic heterocycles. The van der Waals surface area contributed by atoms with Crippen LogP contribution in [0.5, 0.6) is 5.75 Å². The third kappa shape index (κ3) is 5.41. The van der Waals surface area contributed by atoms with Crippen LogP contribution in [-0.2, 0) is 19.4 Å². The molecule has 0 spiro atoms. The predicted octanol–water partition coefficient (Wildman–Crippen LogP) is 3.03. The van der Waals surface area contributed by atoms with Gasteiger partial charge in [-0.2, -0.15) is 0 Å². The van der Waals surface area contributed by atoms with Crippen molar-refractivity contribution >= 4 is 33.1 Å². The van der Waals surface area contributed by atoms with Crippen LogP contribution in [-0.4, -0.2) is 37.8 Å². The van der Waals surface area contributed by atoms with Crippen molar-refractivity contribution < 1.29 is 27.6 Å². The van der Waals surface area contributed by atoms with E-state index in [1.54, 1.807) is 24.3 Å². The van der Waals surface area contributed by atoms with E-state index in [4.69, 9.17) is 21.1 Å². The normalized spacial score (nSPS) is 12.2. The van der Waals surface area contributed by atoms with Crippen LogP contribution in [0, 0.1) is 10.1 Å². The first-order valence-corrected chi connectivity index (χ1v) is 9.67. The monoisotopic (exact) mass is 413 g/mol. The average Bonchev–Trinajstić information content (AvgIpc) is 2.65. The zero-order chi connectivity index (χ0) is 20.0. The molecule has 8 nitrogen and oxygen atoms in total. The molecule has 0 radical (unpaired) electrons. The highest BCUT2D eigenvalue weighted by atomic mass is 35.5. The van der Waals surface area contributed by atoms with E-state index in [1.165, 1.54) is 6.92 Å². The van der Waals surface area contributed by atoms with Gasteiger partial charge in [-0.3, -0.25) is 14.9 Å². The van der Waals surface area contributed by atoms with Crippen molar-refractivity contribution in [2.24, 2.45) is 0 Å². The van der Waals surface area contributed by atoms with Gasteiger partial charge in [0.15, 0.2) is 15.1 Å². The number of esters is 1. The zero-order valence-corrected chi connectivity index (χ0v) is 15.8. The summed E-state index contributed by atoms with van der Waals surface area (Å²) in [6, 6.07) is 10.9. The Morgan fingerprint density at radius 3 is 2.26 bits per heavy atom. The minimum atomic E-state index is -4.03. The number of halogens is 1. The number of hydrogen-bond donors (Lipinski definition) is 0. The van der Waals surface area contributed by atoms with Crippen LogP contribution < -0.4 is 4.74 Å². The number of nitrogens with zero attached hydrogens (tertiary/aromatic N) is 1. The summed E-state index contributed by atoms with van der Waals surface area (Å²) in [4.78, 5) is 21.8. The van der Waals surface area contributed by atoms with Crippen LogP contribution in [0.3, 0.4) is 0 Å². The second kappa shape index (κ2) is 8.83. The molecular weight excluding hydrogens is 398 g/mol. The molecule has 0 fully saturated rings. The highest BCUT2D eigenvalue weighted by Gasteiger charge is 2.31. The molecule has 0 amide bonds. The standard InChI is InChI=1S/C17H16ClNO7S/c1-12(27(23,24)16-8-4-14(5-9-16)19(21)22)17(20)26-11-10-25-15-6-2-13(18)3-7-15/h2-9,12H,10-11H2,1H3/t12-/m0/s1. The Balaban J connectivity index is 1.90. The number of hydrogen-bond acceptors (Lipinski definition) is 7. The van der Waals surface area contributed by atoms with Gasteiger partial charge in [-0.25, -0.2) is 8.42 Å². The lowest BCUT2D eigenvalue weighted by atomic mass is 10.3. The minimum absolute atomic E-state index is 0.0394. The number of rotatable bonds is 8. The molecule has 0 unspecified atom stereocenters. The molecule has 2 aromatic carbocycles. The molecule has 0 saturated heterocycles. The van der Waals surface area contributed by atoms with Crippen molar-refractivity contribution in [2.75, 3.05) is 13.2 Å². The topological polar surface area (TPSA) is 113 Å². The van der Waals surface area contributed by atoms with Crippen molar-refractivity contribution in [3.63, 3.8) is 0 Å². The summed E-state index contributed by atoms with van der Waals surface area (Å²) in [7, 11) is -4.03. The van der Waals surface area contributed by atoms with Crippen LogP contribution in [0.2, 0.25) is 5.02 Å². The highest BCUT2D eigenvalue weighted by Crippen LogP contribution is 2.20. The fraction of sp³-hybridized carbons (Fsp3) is 0.235.